The van der Waals surface area contributed by atoms with Crippen molar-refractivity contribution in [3.05, 3.63) is 64.6 Å². The van der Waals surface area contributed by atoms with E-state index in [1.807, 2.05) is 61.5 Å². The van der Waals surface area contributed by atoms with Gasteiger partial charge in [-0.25, -0.2) is 0 Å². The minimum atomic E-state index is -0.550. The summed E-state index contributed by atoms with van der Waals surface area (Å²) in [5.41, 5.74) is 1.07. The van der Waals surface area contributed by atoms with Crippen LogP contribution < -0.4 is 10.1 Å². The molecular formula is C17H18BrNO2. The number of halogens is 1. The van der Waals surface area contributed by atoms with Crippen LogP contribution in [0.5, 0.6) is 5.75 Å². The Morgan fingerprint density at radius 1 is 1.10 bits per heavy atom. The lowest BCUT2D eigenvalue weighted by Crippen LogP contribution is -2.37. The predicted octanol–water partition coefficient (Wildman–Crippen LogP) is 4.09. The van der Waals surface area contributed by atoms with Gasteiger partial charge in [0.2, 0.25) is 0 Å². The van der Waals surface area contributed by atoms with Crippen molar-refractivity contribution in [3.8, 4) is 5.75 Å². The van der Waals surface area contributed by atoms with E-state index in [0.717, 1.165) is 10.0 Å². The zero-order valence-electron chi connectivity index (χ0n) is 12.0. The van der Waals surface area contributed by atoms with Crippen LogP contribution in [-0.2, 0) is 4.79 Å². The second kappa shape index (κ2) is 7.27. The highest BCUT2D eigenvalue weighted by atomic mass is 79.9. The van der Waals surface area contributed by atoms with Crippen LogP contribution in [0.3, 0.4) is 0 Å². The molecular weight excluding hydrogens is 330 g/mol. The molecule has 4 heteroatoms. The van der Waals surface area contributed by atoms with Crippen LogP contribution in [0.15, 0.2) is 59.1 Å². The van der Waals surface area contributed by atoms with Crippen molar-refractivity contribution in [1.82, 2.24) is 5.32 Å². The van der Waals surface area contributed by atoms with Crippen molar-refractivity contribution in [2.75, 3.05) is 0 Å². The van der Waals surface area contributed by atoms with Gasteiger partial charge in [0.1, 0.15) is 5.75 Å². The molecule has 0 heterocycles. The van der Waals surface area contributed by atoms with Crippen LogP contribution in [0.25, 0.3) is 0 Å². The summed E-state index contributed by atoms with van der Waals surface area (Å²) in [5.74, 6) is 0.533. The van der Waals surface area contributed by atoms with E-state index in [-0.39, 0.29) is 11.9 Å². The molecule has 0 spiro atoms. The molecule has 21 heavy (non-hydrogen) atoms. The van der Waals surface area contributed by atoms with Gasteiger partial charge in [0.15, 0.2) is 6.10 Å². The first-order valence-corrected chi connectivity index (χ1v) is 7.63. The van der Waals surface area contributed by atoms with Crippen LogP contribution in [0.2, 0.25) is 0 Å². The number of carbonyl (C=O) groups is 1. The van der Waals surface area contributed by atoms with E-state index in [1.165, 1.54) is 0 Å². The van der Waals surface area contributed by atoms with E-state index in [2.05, 4.69) is 21.2 Å². The Kier molecular flexibility index (Phi) is 5.39. The second-order valence-electron chi connectivity index (χ2n) is 4.86. The topological polar surface area (TPSA) is 38.3 Å². The molecule has 0 aliphatic heterocycles. The largest absolute Gasteiger partial charge is 0.481 e. The molecule has 0 saturated carbocycles. The van der Waals surface area contributed by atoms with E-state index in [9.17, 15) is 4.79 Å². The van der Waals surface area contributed by atoms with Gasteiger partial charge in [-0.15, -0.1) is 0 Å². The molecule has 0 fully saturated rings. The zero-order valence-corrected chi connectivity index (χ0v) is 13.6. The van der Waals surface area contributed by atoms with E-state index in [1.54, 1.807) is 6.92 Å². The number of hydrogen-bond acceptors (Lipinski definition) is 2. The number of amides is 1. The lowest BCUT2D eigenvalue weighted by molar-refractivity contribution is -0.127. The lowest BCUT2D eigenvalue weighted by Gasteiger charge is -2.19. The molecule has 1 N–H and O–H groups in total. The predicted molar refractivity (Wildman–Crippen MR) is 87.2 cm³/mol. The lowest BCUT2D eigenvalue weighted by atomic mass is 10.1. The summed E-state index contributed by atoms with van der Waals surface area (Å²) in [6.45, 7) is 3.70. The third kappa shape index (κ3) is 4.60. The summed E-state index contributed by atoms with van der Waals surface area (Å²) in [4.78, 5) is 12.2. The molecule has 2 aromatic rings. The van der Waals surface area contributed by atoms with Gasteiger partial charge in [0.05, 0.1) is 6.04 Å². The molecule has 2 rings (SSSR count). The van der Waals surface area contributed by atoms with Crippen LogP contribution in [0.4, 0.5) is 0 Å². The molecule has 2 atom stereocenters. The first-order valence-electron chi connectivity index (χ1n) is 6.84. The summed E-state index contributed by atoms with van der Waals surface area (Å²) in [5, 5.41) is 2.96. The van der Waals surface area contributed by atoms with E-state index < -0.39 is 6.10 Å². The molecule has 0 saturated heterocycles. The molecule has 2 unspecified atom stereocenters. The van der Waals surface area contributed by atoms with Gasteiger partial charge in [-0.05, 0) is 37.6 Å². The van der Waals surface area contributed by atoms with E-state index >= 15 is 0 Å². The fraction of sp³-hybridized carbons (Fsp3) is 0.235. The maximum atomic E-state index is 12.2. The summed E-state index contributed by atoms with van der Waals surface area (Å²) in [6, 6.07) is 17.3. The highest BCUT2D eigenvalue weighted by Crippen LogP contribution is 2.19. The Morgan fingerprint density at radius 3 is 2.48 bits per heavy atom. The second-order valence-corrected chi connectivity index (χ2v) is 5.77. The molecule has 0 aliphatic carbocycles. The van der Waals surface area contributed by atoms with Crippen molar-refractivity contribution in [2.45, 2.75) is 26.0 Å². The van der Waals surface area contributed by atoms with Gasteiger partial charge in [-0.1, -0.05) is 52.3 Å². The Balaban J connectivity index is 1.94. The van der Waals surface area contributed by atoms with Gasteiger partial charge in [0, 0.05) is 4.47 Å². The highest BCUT2D eigenvalue weighted by Gasteiger charge is 2.17. The Bertz CT molecular complexity index is 601. The minimum Gasteiger partial charge on any atom is -0.481 e. The molecule has 0 bridgehead atoms. The van der Waals surface area contributed by atoms with Crippen molar-refractivity contribution < 1.29 is 9.53 Å². The molecule has 0 radical (unpaired) electrons. The van der Waals surface area contributed by atoms with Crippen LogP contribution in [0, 0.1) is 0 Å². The Labute approximate surface area is 133 Å². The van der Waals surface area contributed by atoms with Crippen LogP contribution in [0.1, 0.15) is 25.5 Å². The quantitative estimate of drug-likeness (QED) is 0.884. The van der Waals surface area contributed by atoms with Crippen molar-refractivity contribution >= 4 is 21.8 Å². The SMILES string of the molecule is CC(Oc1cccc(Br)c1)C(=O)NC(C)c1ccccc1. The maximum Gasteiger partial charge on any atom is 0.261 e. The number of benzene rings is 2. The molecule has 2 aromatic carbocycles. The molecule has 1 amide bonds. The summed E-state index contributed by atoms with van der Waals surface area (Å²) in [6.07, 6.45) is -0.550. The van der Waals surface area contributed by atoms with Gasteiger partial charge < -0.3 is 10.1 Å². The zero-order chi connectivity index (χ0) is 15.2. The van der Waals surface area contributed by atoms with Gasteiger partial charge >= 0.3 is 0 Å². The Morgan fingerprint density at radius 2 is 1.81 bits per heavy atom. The number of hydrogen-bond donors (Lipinski definition) is 1. The van der Waals surface area contributed by atoms with Crippen molar-refractivity contribution in [3.63, 3.8) is 0 Å². The van der Waals surface area contributed by atoms with Gasteiger partial charge in [-0.3, -0.25) is 4.79 Å². The number of ether oxygens (including phenoxy) is 1. The fourth-order valence-electron chi connectivity index (χ4n) is 1.95. The maximum absolute atomic E-state index is 12.2. The standard InChI is InChI=1S/C17H18BrNO2/c1-12(14-7-4-3-5-8-14)19-17(20)13(2)21-16-10-6-9-15(18)11-16/h3-13H,1-2H3,(H,19,20). The number of nitrogens with one attached hydrogen (secondary N) is 1. The normalized spacial score (nSPS) is 13.3. The third-order valence-electron chi connectivity index (χ3n) is 3.14. The first kappa shape index (κ1) is 15.6. The monoisotopic (exact) mass is 347 g/mol. The number of carbonyl (C=O) groups excluding carboxylic acids is 1. The van der Waals surface area contributed by atoms with Crippen molar-refractivity contribution in [2.24, 2.45) is 0 Å². The molecule has 0 aliphatic rings. The summed E-state index contributed by atoms with van der Waals surface area (Å²) in [7, 11) is 0. The average Bonchev–Trinajstić information content (AvgIpc) is 2.48. The average molecular weight is 348 g/mol. The van der Waals surface area contributed by atoms with Gasteiger partial charge in [0.25, 0.3) is 5.91 Å². The van der Waals surface area contributed by atoms with Gasteiger partial charge in [-0.2, -0.15) is 0 Å². The highest BCUT2D eigenvalue weighted by molar-refractivity contribution is 9.10. The van der Waals surface area contributed by atoms with Crippen LogP contribution in [-0.4, -0.2) is 12.0 Å². The van der Waals surface area contributed by atoms with E-state index in [0.29, 0.717) is 5.75 Å². The summed E-state index contributed by atoms with van der Waals surface area (Å²) < 4.78 is 6.57. The fourth-order valence-corrected chi connectivity index (χ4v) is 2.33. The molecule has 110 valence electrons. The molecule has 3 nitrogen and oxygen atoms in total. The Hall–Kier alpha value is -1.81. The first-order chi connectivity index (χ1) is 10.1. The molecule has 0 aromatic heterocycles. The van der Waals surface area contributed by atoms with Crippen LogP contribution >= 0.6 is 15.9 Å². The smallest absolute Gasteiger partial charge is 0.261 e. The summed E-state index contributed by atoms with van der Waals surface area (Å²) >= 11 is 3.38. The van der Waals surface area contributed by atoms with E-state index in [4.69, 9.17) is 4.74 Å². The van der Waals surface area contributed by atoms with Crippen molar-refractivity contribution in [1.29, 1.82) is 0 Å². The third-order valence-corrected chi connectivity index (χ3v) is 3.63. The number of rotatable bonds is 5. The minimum absolute atomic E-state index is 0.0488.